The second kappa shape index (κ2) is 3.65. The summed E-state index contributed by atoms with van der Waals surface area (Å²) in [5, 5.41) is 0.618. The van der Waals surface area contributed by atoms with Gasteiger partial charge in [0.15, 0.2) is 0 Å². The molecule has 2 saturated heterocycles. The number of hydrogen-bond donors (Lipinski definition) is 0. The van der Waals surface area contributed by atoms with E-state index in [4.69, 9.17) is 9.57 Å². The fraction of sp³-hybridized carbons (Fsp3) is 0.583. The second-order valence-corrected chi connectivity index (χ2v) is 5.04. The molecule has 6 heteroatoms. The topological polar surface area (TPSA) is 72.9 Å². The maximum atomic E-state index is 12.1. The predicted octanol–water partition coefficient (Wildman–Crippen LogP) is 0.0390. The molecule has 4 atom stereocenters. The Morgan fingerprint density at radius 2 is 1.72 bits per heavy atom. The molecule has 0 aromatic rings. The molecule has 2 bridgehead atoms. The van der Waals surface area contributed by atoms with Crippen molar-refractivity contribution >= 4 is 17.8 Å². The van der Waals surface area contributed by atoms with Crippen molar-refractivity contribution in [3.05, 3.63) is 12.2 Å². The van der Waals surface area contributed by atoms with Crippen molar-refractivity contribution in [2.45, 2.75) is 26.1 Å². The van der Waals surface area contributed by atoms with Crippen LogP contribution in [0.5, 0.6) is 0 Å². The van der Waals surface area contributed by atoms with Gasteiger partial charge in [-0.15, -0.1) is 5.06 Å². The number of carbonyl (C=O) groups excluding carboxylic acids is 3. The molecule has 0 radical (unpaired) electrons. The van der Waals surface area contributed by atoms with Crippen molar-refractivity contribution < 1.29 is 24.0 Å². The summed E-state index contributed by atoms with van der Waals surface area (Å²) in [6.45, 7) is 3.28. The Kier molecular flexibility index (Phi) is 2.31. The minimum Gasteiger partial charge on any atom is -0.365 e. The van der Waals surface area contributed by atoms with Gasteiger partial charge < -0.3 is 9.57 Å². The molecule has 4 unspecified atom stereocenters. The molecule has 0 N–H and O–H groups in total. The lowest BCUT2D eigenvalue weighted by molar-refractivity contribution is -0.202. The highest BCUT2D eigenvalue weighted by Crippen LogP contribution is 2.45. The van der Waals surface area contributed by atoms with E-state index in [-0.39, 0.29) is 12.2 Å². The molecule has 0 aliphatic carbocycles. The normalized spacial score (nSPS) is 36.7. The number of amides is 2. The third-order valence-corrected chi connectivity index (χ3v) is 3.52. The van der Waals surface area contributed by atoms with Crippen LogP contribution in [0.4, 0.5) is 0 Å². The summed E-state index contributed by atoms with van der Waals surface area (Å²) in [6, 6.07) is 0. The van der Waals surface area contributed by atoms with E-state index in [9.17, 15) is 14.4 Å². The Morgan fingerprint density at radius 3 is 2.17 bits per heavy atom. The van der Waals surface area contributed by atoms with E-state index in [0.29, 0.717) is 5.06 Å². The zero-order valence-corrected chi connectivity index (χ0v) is 10.0. The molecule has 0 aromatic heterocycles. The molecule has 18 heavy (non-hydrogen) atoms. The molecule has 2 amide bonds. The summed E-state index contributed by atoms with van der Waals surface area (Å²) in [4.78, 5) is 40.5. The molecule has 0 saturated carbocycles. The molecule has 2 fully saturated rings. The quantitative estimate of drug-likeness (QED) is 0.511. The first-order valence-corrected chi connectivity index (χ1v) is 5.94. The molecule has 3 heterocycles. The van der Waals surface area contributed by atoms with Gasteiger partial charge in [-0.3, -0.25) is 9.59 Å². The van der Waals surface area contributed by atoms with Crippen LogP contribution in [0.1, 0.15) is 13.8 Å². The molecular formula is C12H13NO5. The summed E-state index contributed by atoms with van der Waals surface area (Å²) in [7, 11) is 0. The lowest BCUT2D eigenvalue weighted by Crippen LogP contribution is -2.37. The molecule has 6 nitrogen and oxygen atoms in total. The lowest BCUT2D eigenvalue weighted by atomic mass is 9.85. The van der Waals surface area contributed by atoms with E-state index in [1.165, 1.54) is 0 Å². The van der Waals surface area contributed by atoms with Crippen LogP contribution in [0.3, 0.4) is 0 Å². The largest absolute Gasteiger partial charge is 0.365 e. The van der Waals surface area contributed by atoms with Crippen LogP contribution in [0.2, 0.25) is 0 Å². The number of rotatable bonds is 2. The minimum atomic E-state index is -0.585. The summed E-state index contributed by atoms with van der Waals surface area (Å²) < 4.78 is 5.46. The summed E-state index contributed by atoms with van der Waals surface area (Å²) in [6.07, 6.45) is 2.84. The number of fused-ring (bicyclic) bond motifs is 5. The van der Waals surface area contributed by atoms with E-state index >= 15 is 0 Å². The van der Waals surface area contributed by atoms with Gasteiger partial charge in [0.1, 0.15) is 0 Å². The van der Waals surface area contributed by atoms with E-state index in [1.807, 2.05) is 0 Å². The first kappa shape index (κ1) is 11.4. The Bertz CT molecular complexity index is 439. The highest BCUT2D eigenvalue weighted by Gasteiger charge is 2.62. The third kappa shape index (κ3) is 1.35. The van der Waals surface area contributed by atoms with Gasteiger partial charge in [-0.1, -0.05) is 26.0 Å². The van der Waals surface area contributed by atoms with Crippen LogP contribution >= 0.6 is 0 Å². The van der Waals surface area contributed by atoms with E-state index in [1.54, 1.807) is 26.0 Å². The van der Waals surface area contributed by atoms with Crippen LogP contribution in [-0.4, -0.2) is 35.1 Å². The zero-order chi connectivity index (χ0) is 13.0. The van der Waals surface area contributed by atoms with Crippen molar-refractivity contribution in [3.8, 4) is 0 Å². The van der Waals surface area contributed by atoms with Crippen molar-refractivity contribution in [1.29, 1.82) is 0 Å². The van der Waals surface area contributed by atoms with Crippen molar-refractivity contribution in [3.63, 3.8) is 0 Å². The lowest BCUT2D eigenvalue weighted by Gasteiger charge is -2.17. The summed E-state index contributed by atoms with van der Waals surface area (Å²) in [5.74, 6) is -3.00. The first-order chi connectivity index (χ1) is 8.50. The van der Waals surface area contributed by atoms with Crippen LogP contribution in [0, 0.1) is 17.8 Å². The molecule has 96 valence electrons. The van der Waals surface area contributed by atoms with Gasteiger partial charge in [-0.05, 0) is 0 Å². The highest BCUT2D eigenvalue weighted by atomic mass is 16.7. The van der Waals surface area contributed by atoms with Crippen LogP contribution in [-0.2, 0) is 24.0 Å². The van der Waals surface area contributed by atoms with Gasteiger partial charge in [0.05, 0.1) is 30.0 Å². The zero-order valence-electron chi connectivity index (χ0n) is 10.0. The first-order valence-electron chi connectivity index (χ1n) is 5.94. The van der Waals surface area contributed by atoms with Gasteiger partial charge >= 0.3 is 5.97 Å². The molecule has 0 spiro atoms. The standard InChI is InChI=1S/C12H13NO5/c1-5(2)12(16)18-13-10(14)8-6-3-4-7(17-6)9(8)11(13)15/h3-9H,1-2H3. The van der Waals surface area contributed by atoms with E-state index in [2.05, 4.69) is 0 Å². The highest BCUT2D eigenvalue weighted by molar-refractivity contribution is 6.06. The average molecular weight is 251 g/mol. The SMILES string of the molecule is CC(C)C(=O)ON1C(=O)C2C3C=CC(O3)C2C1=O. The molecule has 0 aromatic carbocycles. The van der Waals surface area contributed by atoms with Gasteiger partial charge in [0, 0.05) is 0 Å². The van der Waals surface area contributed by atoms with Crippen LogP contribution in [0.25, 0.3) is 0 Å². The molecule has 3 aliphatic heterocycles. The maximum absolute atomic E-state index is 12.1. The minimum absolute atomic E-state index is 0.362. The Labute approximate surface area is 103 Å². The third-order valence-electron chi connectivity index (χ3n) is 3.52. The molecule has 3 aliphatic rings. The van der Waals surface area contributed by atoms with Gasteiger partial charge in [0.2, 0.25) is 0 Å². The molecular weight excluding hydrogens is 238 g/mol. The number of hydroxylamine groups is 2. The number of hydrogen-bond acceptors (Lipinski definition) is 5. The Morgan fingerprint density at radius 1 is 1.22 bits per heavy atom. The Balaban J connectivity index is 1.82. The van der Waals surface area contributed by atoms with Crippen molar-refractivity contribution in [2.75, 3.05) is 0 Å². The number of carbonyl (C=O) groups is 3. The van der Waals surface area contributed by atoms with Crippen molar-refractivity contribution in [2.24, 2.45) is 17.8 Å². The van der Waals surface area contributed by atoms with Gasteiger partial charge in [0.25, 0.3) is 11.8 Å². The predicted molar refractivity (Wildman–Crippen MR) is 57.6 cm³/mol. The summed E-state index contributed by atoms with van der Waals surface area (Å²) in [5.41, 5.74) is 0. The monoisotopic (exact) mass is 251 g/mol. The van der Waals surface area contributed by atoms with Gasteiger partial charge in [-0.2, -0.15) is 0 Å². The fourth-order valence-electron chi connectivity index (χ4n) is 2.56. The number of ether oxygens (including phenoxy) is 1. The summed E-state index contributed by atoms with van der Waals surface area (Å²) >= 11 is 0. The average Bonchev–Trinajstić information content (AvgIpc) is 2.98. The maximum Gasteiger partial charge on any atom is 0.335 e. The van der Waals surface area contributed by atoms with Crippen molar-refractivity contribution in [1.82, 2.24) is 5.06 Å². The second-order valence-electron chi connectivity index (χ2n) is 5.04. The van der Waals surface area contributed by atoms with Crippen LogP contribution in [0.15, 0.2) is 12.2 Å². The Hall–Kier alpha value is -1.69. The fourth-order valence-corrected chi connectivity index (χ4v) is 2.56. The van der Waals surface area contributed by atoms with Gasteiger partial charge in [-0.25, -0.2) is 4.79 Å². The van der Waals surface area contributed by atoms with Crippen LogP contribution < -0.4 is 0 Å². The number of nitrogens with zero attached hydrogens (tertiary/aromatic N) is 1. The number of imide groups is 1. The van der Waals surface area contributed by atoms with E-state index < -0.39 is 35.5 Å². The molecule has 3 rings (SSSR count). The van der Waals surface area contributed by atoms with E-state index in [0.717, 1.165) is 0 Å². The smallest absolute Gasteiger partial charge is 0.335 e.